The molecule has 7 nitrogen and oxygen atoms in total. The molecule has 0 spiro atoms. The third-order valence-electron chi connectivity index (χ3n) is 5.33. The average molecular weight is 515 g/mol. The molecule has 1 saturated carbocycles. The fourth-order valence-corrected chi connectivity index (χ4v) is 3.51. The van der Waals surface area contributed by atoms with Crippen LogP contribution in [0.2, 0.25) is 0 Å². The van der Waals surface area contributed by atoms with Crippen LogP contribution >= 0.6 is 24.0 Å². The molecule has 1 aliphatic carbocycles. The van der Waals surface area contributed by atoms with Gasteiger partial charge >= 0.3 is 0 Å². The van der Waals surface area contributed by atoms with E-state index in [1.165, 1.54) is 24.9 Å². The lowest BCUT2D eigenvalue weighted by atomic mass is 10.1. The highest BCUT2D eigenvalue weighted by molar-refractivity contribution is 14.0. The lowest BCUT2D eigenvalue weighted by Crippen LogP contribution is -2.36. The Morgan fingerprint density at radius 2 is 2.03 bits per heavy atom. The van der Waals surface area contributed by atoms with Crippen LogP contribution in [0.1, 0.15) is 38.2 Å². The van der Waals surface area contributed by atoms with Crippen molar-refractivity contribution in [3.63, 3.8) is 0 Å². The minimum atomic E-state index is -0.0507. The lowest BCUT2D eigenvalue weighted by molar-refractivity contribution is -0.123. The van der Waals surface area contributed by atoms with Gasteiger partial charge in [-0.15, -0.1) is 24.0 Å². The standard InChI is InChI=1S/C21H33N5O2.HI/c1-2-26-13-3-4-18(26)14-24-21(22)23-12-11-16-5-9-19(10-6-16)28-15-20(27)25-17-7-8-17;/h5-6,9-10,17-18H,2-4,7-8,11-15H2,1H3,(H,25,27)(H3,22,23,24);1H. The molecule has 3 rings (SSSR count). The van der Waals surface area contributed by atoms with Crippen molar-refractivity contribution < 1.29 is 9.53 Å². The van der Waals surface area contributed by atoms with Crippen LogP contribution in [-0.2, 0) is 11.2 Å². The molecular formula is C21H34IN5O2. The summed E-state index contributed by atoms with van der Waals surface area (Å²) in [5, 5.41) is 6.10. The summed E-state index contributed by atoms with van der Waals surface area (Å²) in [5.74, 6) is 1.18. The largest absolute Gasteiger partial charge is 0.484 e. The van der Waals surface area contributed by atoms with Crippen molar-refractivity contribution in [2.24, 2.45) is 10.7 Å². The first-order valence-electron chi connectivity index (χ1n) is 10.4. The molecule has 29 heavy (non-hydrogen) atoms. The van der Waals surface area contributed by atoms with Crippen molar-refractivity contribution >= 4 is 35.8 Å². The van der Waals surface area contributed by atoms with E-state index in [0.717, 1.165) is 38.9 Å². The van der Waals surface area contributed by atoms with Crippen molar-refractivity contribution in [1.29, 1.82) is 0 Å². The Hall–Kier alpha value is -1.55. The van der Waals surface area contributed by atoms with Crippen molar-refractivity contribution in [3.8, 4) is 5.75 Å². The third kappa shape index (κ3) is 8.38. The maximum Gasteiger partial charge on any atom is 0.258 e. The molecular weight excluding hydrogens is 481 g/mol. The molecule has 2 aliphatic rings. The van der Waals surface area contributed by atoms with Gasteiger partial charge in [-0.3, -0.25) is 14.7 Å². The number of hydrogen-bond acceptors (Lipinski definition) is 4. The topological polar surface area (TPSA) is 92.0 Å². The highest BCUT2D eigenvalue weighted by Gasteiger charge is 2.23. The number of amides is 1. The summed E-state index contributed by atoms with van der Waals surface area (Å²) in [6.07, 6.45) is 5.49. The number of halogens is 1. The molecule has 1 aromatic carbocycles. The summed E-state index contributed by atoms with van der Waals surface area (Å²) >= 11 is 0. The van der Waals surface area contributed by atoms with Crippen LogP contribution in [0.3, 0.4) is 0 Å². The molecule has 1 heterocycles. The van der Waals surface area contributed by atoms with Gasteiger partial charge in [-0.05, 0) is 62.9 Å². The predicted molar refractivity (Wildman–Crippen MR) is 127 cm³/mol. The van der Waals surface area contributed by atoms with Crippen LogP contribution in [0.25, 0.3) is 0 Å². The zero-order valence-electron chi connectivity index (χ0n) is 17.2. The van der Waals surface area contributed by atoms with E-state index in [9.17, 15) is 4.79 Å². The zero-order valence-corrected chi connectivity index (χ0v) is 19.6. The van der Waals surface area contributed by atoms with E-state index in [0.29, 0.717) is 23.8 Å². The first-order valence-corrected chi connectivity index (χ1v) is 10.4. The van der Waals surface area contributed by atoms with Crippen LogP contribution < -0.4 is 21.1 Å². The minimum absolute atomic E-state index is 0. The van der Waals surface area contributed by atoms with Gasteiger partial charge < -0.3 is 21.1 Å². The van der Waals surface area contributed by atoms with E-state index in [2.05, 4.69) is 27.4 Å². The predicted octanol–water partition coefficient (Wildman–Crippen LogP) is 1.89. The Morgan fingerprint density at radius 1 is 1.28 bits per heavy atom. The SMILES string of the molecule is CCN1CCCC1CN=C(N)NCCc1ccc(OCC(=O)NC2CC2)cc1.I. The molecule has 1 saturated heterocycles. The summed E-state index contributed by atoms with van der Waals surface area (Å²) < 4.78 is 5.52. The molecule has 1 aromatic rings. The Kier molecular flexibility index (Phi) is 9.99. The number of carbonyl (C=O) groups excluding carboxylic acids is 1. The first-order chi connectivity index (χ1) is 13.6. The summed E-state index contributed by atoms with van der Waals surface area (Å²) in [5.41, 5.74) is 7.18. The summed E-state index contributed by atoms with van der Waals surface area (Å²) in [7, 11) is 0. The molecule has 0 aromatic heterocycles. The molecule has 2 fully saturated rings. The van der Waals surface area contributed by atoms with E-state index in [1.54, 1.807) is 0 Å². The van der Waals surface area contributed by atoms with E-state index in [4.69, 9.17) is 10.5 Å². The normalized spacial score (nSPS) is 19.5. The van der Waals surface area contributed by atoms with Crippen molar-refractivity contribution in [2.45, 2.75) is 51.1 Å². The number of nitrogens with zero attached hydrogens (tertiary/aromatic N) is 2. The number of hydrogen-bond donors (Lipinski definition) is 3. The van der Waals surface area contributed by atoms with Gasteiger partial charge in [0.15, 0.2) is 12.6 Å². The summed E-state index contributed by atoms with van der Waals surface area (Å²) in [4.78, 5) is 18.6. The van der Waals surface area contributed by atoms with Gasteiger partial charge in [0.25, 0.3) is 5.91 Å². The quantitative estimate of drug-likeness (QED) is 0.252. The maximum absolute atomic E-state index is 11.6. The number of likely N-dealkylation sites (N-methyl/N-ethyl adjacent to an activating group) is 1. The number of rotatable bonds is 10. The van der Waals surface area contributed by atoms with Crippen molar-refractivity contribution in [1.82, 2.24) is 15.5 Å². The van der Waals surface area contributed by atoms with Crippen LogP contribution in [0.5, 0.6) is 5.75 Å². The van der Waals surface area contributed by atoms with Crippen molar-refractivity contribution in [2.75, 3.05) is 32.8 Å². The molecule has 4 N–H and O–H groups in total. The molecule has 8 heteroatoms. The molecule has 1 amide bonds. The van der Waals surface area contributed by atoms with Gasteiger partial charge in [0.2, 0.25) is 0 Å². The molecule has 1 aliphatic heterocycles. The maximum atomic E-state index is 11.6. The van der Waals surface area contributed by atoms with E-state index in [-0.39, 0.29) is 36.5 Å². The number of aliphatic imine (C=N–C) groups is 1. The number of benzene rings is 1. The number of nitrogens with two attached hydrogens (primary N) is 1. The Morgan fingerprint density at radius 3 is 2.72 bits per heavy atom. The monoisotopic (exact) mass is 515 g/mol. The Balaban J connectivity index is 0.00000300. The van der Waals surface area contributed by atoms with Crippen LogP contribution in [0, 0.1) is 0 Å². The third-order valence-corrected chi connectivity index (χ3v) is 5.33. The molecule has 0 radical (unpaired) electrons. The number of guanidine groups is 1. The van der Waals surface area contributed by atoms with Gasteiger partial charge in [-0.2, -0.15) is 0 Å². The van der Waals surface area contributed by atoms with Crippen LogP contribution in [0.4, 0.5) is 0 Å². The lowest BCUT2D eigenvalue weighted by Gasteiger charge is -2.20. The zero-order chi connectivity index (χ0) is 19.8. The summed E-state index contributed by atoms with van der Waals surface area (Å²) in [6.45, 7) is 6.03. The van der Waals surface area contributed by atoms with E-state index < -0.39 is 0 Å². The molecule has 1 atom stereocenters. The number of carbonyl (C=O) groups is 1. The second kappa shape index (κ2) is 12.2. The highest BCUT2D eigenvalue weighted by atomic mass is 127. The van der Waals surface area contributed by atoms with Crippen molar-refractivity contribution in [3.05, 3.63) is 29.8 Å². The number of ether oxygens (including phenoxy) is 1. The average Bonchev–Trinajstić information content (AvgIpc) is 3.39. The second-order valence-corrected chi connectivity index (χ2v) is 7.60. The summed E-state index contributed by atoms with van der Waals surface area (Å²) in [6, 6.07) is 8.73. The number of likely N-dealkylation sites (tertiary alicyclic amines) is 1. The van der Waals surface area contributed by atoms with Gasteiger partial charge in [0.05, 0.1) is 6.54 Å². The van der Waals surface area contributed by atoms with Crippen LogP contribution in [0.15, 0.2) is 29.3 Å². The molecule has 0 bridgehead atoms. The second-order valence-electron chi connectivity index (χ2n) is 7.60. The fourth-order valence-electron chi connectivity index (χ4n) is 3.51. The fraction of sp³-hybridized carbons (Fsp3) is 0.619. The Bertz CT molecular complexity index is 664. The van der Waals surface area contributed by atoms with E-state index >= 15 is 0 Å². The van der Waals surface area contributed by atoms with Gasteiger partial charge in [0, 0.05) is 18.6 Å². The Labute approximate surface area is 190 Å². The smallest absolute Gasteiger partial charge is 0.258 e. The number of nitrogens with one attached hydrogen (secondary N) is 2. The van der Waals surface area contributed by atoms with Gasteiger partial charge in [-0.25, -0.2) is 0 Å². The van der Waals surface area contributed by atoms with Gasteiger partial charge in [0.1, 0.15) is 5.75 Å². The molecule has 1 unspecified atom stereocenters. The first kappa shape index (κ1) is 23.7. The van der Waals surface area contributed by atoms with E-state index in [1.807, 2.05) is 24.3 Å². The van der Waals surface area contributed by atoms with Crippen LogP contribution in [-0.4, -0.2) is 61.6 Å². The molecule has 162 valence electrons. The van der Waals surface area contributed by atoms with Gasteiger partial charge in [-0.1, -0.05) is 19.1 Å². The highest BCUT2D eigenvalue weighted by Crippen LogP contribution is 2.18. The minimum Gasteiger partial charge on any atom is -0.484 e.